The number of Topliss-reactive ketones (excluding diaryl/α,β-unsaturated/α-hetero) is 1. The molecule has 2 unspecified atom stereocenters. The normalized spacial score (nSPS) is 15.6. The zero-order valence-corrected chi connectivity index (χ0v) is 10.0. The summed E-state index contributed by atoms with van der Waals surface area (Å²) in [5.41, 5.74) is 0. The van der Waals surface area contributed by atoms with Crippen LogP contribution in [0.25, 0.3) is 0 Å². The minimum absolute atomic E-state index is 0.00940. The van der Waals surface area contributed by atoms with Gasteiger partial charge in [-0.2, -0.15) is 0 Å². The zero-order chi connectivity index (χ0) is 11.1. The molecule has 2 atom stereocenters. The molecule has 3 heteroatoms. The van der Waals surface area contributed by atoms with Crippen molar-refractivity contribution in [2.75, 3.05) is 20.3 Å². The van der Waals surface area contributed by atoms with E-state index in [0.717, 1.165) is 6.54 Å². The molecular formula is C11H23NO2. The molecule has 0 spiro atoms. The van der Waals surface area contributed by atoms with Gasteiger partial charge in [-0.15, -0.1) is 0 Å². The maximum Gasteiger partial charge on any atom is 0.149 e. The van der Waals surface area contributed by atoms with E-state index in [1.807, 2.05) is 13.8 Å². The fraction of sp³-hybridized carbons (Fsp3) is 0.909. The van der Waals surface area contributed by atoms with Crippen LogP contribution in [0.1, 0.15) is 34.1 Å². The molecule has 0 N–H and O–H groups in total. The molecule has 0 aromatic rings. The van der Waals surface area contributed by atoms with Gasteiger partial charge in [0.1, 0.15) is 5.78 Å². The lowest BCUT2D eigenvalue weighted by molar-refractivity contribution is -0.124. The average Bonchev–Trinajstić information content (AvgIpc) is 2.18. The molecule has 0 rings (SSSR count). The molecule has 0 fully saturated rings. The van der Waals surface area contributed by atoms with Crippen molar-refractivity contribution in [3.05, 3.63) is 0 Å². The lowest BCUT2D eigenvalue weighted by atomic mass is 10.1. The van der Waals surface area contributed by atoms with Gasteiger partial charge in [0.25, 0.3) is 0 Å². The van der Waals surface area contributed by atoms with Gasteiger partial charge < -0.3 is 4.74 Å². The van der Waals surface area contributed by atoms with Gasteiger partial charge in [0.15, 0.2) is 0 Å². The molecule has 14 heavy (non-hydrogen) atoms. The van der Waals surface area contributed by atoms with Gasteiger partial charge in [0.2, 0.25) is 0 Å². The van der Waals surface area contributed by atoms with E-state index in [1.54, 1.807) is 7.11 Å². The SMILES string of the molecule is CCC(=O)C(C)N(CC)C(C)COC. The molecule has 0 aromatic carbocycles. The highest BCUT2D eigenvalue weighted by molar-refractivity contribution is 5.83. The van der Waals surface area contributed by atoms with E-state index in [9.17, 15) is 4.79 Å². The van der Waals surface area contributed by atoms with Crippen LogP contribution in [-0.4, -0.2) is 43.0 Å². The van der Waals surface area contributed by atoms with Crippen molar-refractivity contribution in [2.24, 2.45) is 0 Å². The van der Waals surface area contributed by atoms with Crippen LogP contribution in [0.15, 0.2) is 0 Å². The number of ketones is 1. The quantitative estimate of drug-likeness (QED) is 0.628. The first-order valence-corrected chi connectivity index (χ1v) is 5.35. The summed E-state index contributed by atoms with van der Waals surface area (Å²) in [5.74, 6) is 0.301. The third-order valence-electron chi connectivity index (χ3n) is 2.65. The molecular weight excluding hydrogens is 178 g/mol. The van der Waals surface area contributed by atoms with Crippen LogP contribution in [0.2, 0.25) is 0 Å². The summed E-state index contributed by atoms with van der Waals surface area (Å²) in [6, 6.07) is 0.311. The Balaban J connectivity index is 4.30. The number of methoxy groups -OCH3 is 1. The van der Waals surface area contributed by atoms with Gasteiger partial charge in [0, 0.05) is 19.6 Å². The molecule has 3 nitrogen and oxygen atoms in total. The number of carbonyl (C=O) groups excluding carboxylic acids is 1. The summed E-state index contributed by atoms with van der Waals surface area (Å²) < 4.78 is 5.10. The van der Waals surface area contributed by atoms with E-state index < -0.39 is 0 Å². The number of hydrogen-bond acceptors (Lipinski definition) is 3. The molecule has 0 radical (unpaired) electrons. The number of likely N-dealkylation sites (N-methyl/N-ethyl adjacent to an activating group) is 1. The highest BCUT2D eigenvalue weighted by Crippen LogP contribution is 2.08. The zero-order valence-electron chi connectivity index (χ0n) is 10.0. The molecule has 0 aliphatic rings. The largest absolute Gasteiger partial charge is 0.383 e. The summed E-state index contributed by atoms with van der Waals surface area (Å²) in [4.78, 5) is 13.7. The Morgan fingerprint density at radius 3 is 2.29 bits per heavy atom. The van der Waals surface area contributed by atoms with E-state index in [1.165, 1.54) is 0 Å². The predicted octanol–water partition coefficient (Wildman–Crippen LogP) is 1.71. The van der Waals surface area contributed by atoms with Crippen LogP contribution in [0.5, 0.6) is 0 Å². The monoisotopic (exact) mass is 201 g/mol. The summed E-state index contributed by atoms with van der Waals surface area (Å²) in [6.07, 6.45) is 0.609. The molecule has 0 aliphatic carbocycles. The van der Waals surface area contributed by atoms with Crippen LogP contribution in [0.3, 0.4) is 0 Å². The first kappa shape index (κ1) is 13.6. The van der Waals surface area contributed by atoms with Gasteiger partial charge in [-0.25, -0.2) is 0 Å². The molecule has 0 saturated heterocycles. The Morgan fingerprint density at radius 2 is 1.93 bits per heavy atom. The van der Waals surface area contributed by atoms with Gasteiger partial charge in [-0.05, 0) is 20.4 Å². The third kappa shape index (κ3) is 3.76. The summed E-state index contributed by atoms with van der Waals surface area (Å²) in [7, 11) is 1.69. The molecule has 84 valence electrons. The molecule has 0 bridgehead atoms. The number of hydrogen-bond donors (Lipinski definition) is 0. The smallest absolute Gasteiger partial charge is 0.149 e. The highest BCUT2D eigenvalue weighted by atomic mass is 16.5. The van der Waals surface area contributed by atoms with E-state index in [4.69, 9.17) is 4.74 Å². The summed E-state index contributed by atoms with van der Waals surface area (Å²) >= 11 is 0. The van der Waals surface area contributed by atoms with Gasteiger partial charge in [0.05, 0.1) is 12.6 Å². The van der Waals surface area contributed by atoms with Crippen molar-refractivity contribution in [1.29, 1.82) is 0 Å². The predicted molar refractivity (Wildman–Crippen MR) is 58.5 cm³/mol. The van der Waals surface area contributed by atoms with Crippen LogP contribution in [0, 0.1) is 0 Å². The first-order chi connectivity index (χ1) is 6.58. The van der Waals surface area contributed by atoms with Crippen molar-refractivity contribution in [1.82, 2.24) is 4.90 Å². The van der Waals surface area contributed by atoms with Crippen LogP contribution in [-0.2, 0) is 9.53 Å². The van der Waals surface area contributed by atoms with Crippen molar-refractivity contribution in [3.63, 3.8) is 0 Å². The maximum atomic E-state index is 11.5. The van der Waals surface area contributed by atoms with Crippen LogP contribution >= 0.6 is 0 Å². The lowest BCUT2D eigenvalue weighted by Crippen LogP contribution is -2.46. The van der Waals surface area contributed by atoms with Crippen molar-refractivity contribution < 1.29 is 9.53 Å². The Bertz CT molecular complexity index is 171. The minimum atomic E-state index is 0.00940. The Morgan fingerprint density at radius 1 is 1.36 bits per heavy atom. The second-order valence-corrected chi connectivity index (χ2v) is 3.63. The van der Waals surface area contributed by atoms with Crippen LogP contribution in [0.4, 0.5) is 0 Å². The second-order valence-electron chi connectivity index (χ2n) is 3.63. The third-order valence-corrected chi connectivity index (χ3v) is 2.65. The molecule has 0 aliphatic heterocycles. The van der Waals surface area contributed by atoms with Crippen molar-refractivity contribution in [2.45, 2.75) is 46.2 Å². The van der Waals surface area contributed by atoms with Gasteiger partial charge in [-0.1, -0.05) is 13.8 Å². The summed E-state index contributed by atoms with van der Waals surface area (Å²) in [5, 5.41) is 0. The minimum Gasteiger partial charge on any atom is -0.383 e. The highest BCUT2D eigenvalue weighted by Gasteiger charge is 2.22. The molecule has 0 aromatic heterocycles. The molecule has 0 saturated carbocycles. The van der Waals surface area contributed by atoms with E-state index in [0.29, 0.717) is 24.9 Å². The number of ether oxygens (including phenoxy) is 1. The van der Waals surface area contributed by atoms with Gasteiger partial charge >= 0.3 is 0 Å². The van der Waals surface area contributed by atoms with E-state index in [2.05, 4.69) is 18.7 Å². The standard InChI is InChI=1S/C11H23NO2/c1-6-11(13)10(4)12(7-2)9(3)8-14-5/h9-10H,6-8H2,1-5H3. The van der Waals surface area contributed by atoms with E-state index >= 15 is 0 Å². The lowest BCUT2D eigenvalue weighted by Gasteiger charge is -2.32. The van der Waals surface area contributed by atoms with Gasteiger partial charge in [-0.3, -0.25) is 9.69 Å². The average molecular weight is 201 g/mol. The van der Waals surface area contributed by atoms with E-state index in [-0.39, 0.29) is 6.04 Å². The number of rotatable bonds is 7. The Labute approximate surface area is 87.4 Å². The maximum absolute atomic E-state index is 11.5. The second kappa shape index (κ2) is 6.96. The Kier molecular flexibility index (Phi) is 6.75. The van der Waals surface area contributed by atoms with Crippen molar-refractivity contribution in [3.8, 4) is 0 Å². The topological polar surface area (TPSA) is 29.5 Å². The summed E-state index contributed by atoms with van der Waals surface area (Å²) in [6.45, 7) is 9.61. The fourth-order valence-electron chi connectivity index (χ4n) is 1.78. The first-order valence-electron chi connectivity index (χ1n) is 5.35. The molecule has 0 amide bonds. The Hall–Kier alpha value is -0.410. The number of carbonyl (C=O) groups is 1. The fourth-order valence-corrected chi connectivity index (χ4v) is 1.78. The van der Waals surface area contributed by atoms with Crippen LogP contribution < -0.4 is 0 Å². The number of nitrogens with zero attached hydrogens (tertiary/aromatic N) is 1. The van der Waals surface area contributed by atoms with Crippen molar-refractivity contribution >= 4 is 5.78 Å². The molecule has 0 heterocycles.